The van der Waals surface area contributed by atoms with Crippen LogP contribution in [0.3, 0.4) is 0 Å². The Morgan fingerprint density at radius 1 is 0.684 bits per heavy atom. The van der Waals surface area contributed by atoms with Crippen molar-refractivity contribution in [3.63, 3.8) is 0 Å². The lowest BCUT2D eigenvalue weighted by atomic mass is 9.97. The molecule has 98 valence electrons. The molecule has 0 amide bonds. The van der Waals surface area contributed by atoms with E-state index in [2.05, 4.69) is 84.8 Å². The summed E-state index contributed by atoms with van der Waals surface area (Å²) in [7, 11) is 4.36. The van der Waals surface area contributed by atoms with E-state index in [1.165, 1.54) is 11.1 Å². The van der Waals surface area contributed by atoms with Gasteiger partial charge in [-0.25, -0.2) is 10.0 Å². The van der Waals surface area contributed by atoms with Crippen LogP contribution in [0.4, 0.5) is 0 Å². The Kier molecular flexibility index (Phi) is 3.36. The molecule has 2 unspecified atom stereocenters. The summed E-state index contributed by atoms with van der Waals surface area (Å²) in [4.78, 5) is 0. The summed E-state index contributed by atoms with van der Waals surface area (Å²) >= 11 is 0. The first-order chi connectivity index (χ1) is 9.27. The first-order valence-corrected chi connectivity index (χ1v) is 6.83. The molecule has 3 rings (SSSR count). The Hall–Kier alpha value is -1.64. The van der Waals surface area contributed by atoms with Gasteiger partial charge in [0.25, 0.3) is 0 Å². The molecule has 0 saturated carbocycles. The lowest BCUT2D eigenvalue weighted by Crippen LogP contribution is -2.32. The number of rotatable bonds is 2. The van der Waals surface area contributed by atoms with E-state index >= 15 is 0 Å². The van der Waals surface area contributed by atoms with Crippen molar-refractivity contribution in [3.05, 3.63) is 71.8 Å². The van der Waals surface area contributed by atoms with Gasteiger partial charge >= 0.3 is 0 Å². The van der Waals surface area contributed by atoms with E-state index in [-0.39, 0.29) is 0 Å². The Bertz CT molecular complexity index is 474. The monoisotopic (exact) mass is 252 g/mol. The van der Waals surface area contributed by atoms with Crippen LogP contribution >= 0.6 is 0 Å². The zero-order chi connectivity index (χ0) is 13.2. The summed E-state index contributed by atoms with van der Waals surface area (Å²) < 4.78 is 0. The molecule has 2 aromatic rings. The highest BCUT2D eigenvalue weighted by molar-refractivity contribution is 5.24. The summed E-state index contributed by atoms with van der Waals surface area (Å²) in [5.41, 5.74) is 2.80. The van der Waals surface area contributed by atoms with Crippen molar-refractivity contribution < 1.29 is 0 Å². The second-order valence-electron chi connectivity index (χ2n) is 5.24. The minimum Gasteiger partial charge on any atom is -0.237 e. The largest absolute Gasteiger partial charge is 0.237 e. The summed E-state index contributed by atoms with van der Waals surface area (Å²) in [5, 5.41) is 4.71. The average Bonchev–Trinajstić information content (AvgIpc) is 2.77. The van der Waals surface area contributed by atoms with E-state index in [0.29, 0.717) is 12.1 Å². The van der Waals surface area contributed by atoms with Crippen molar-refractivity contribution >= 4 is 0 Å². The van der Waals surface area contributed by atoms with E-state index < -0.39 is 0 Å². The highest BCUT2D eigenvalue weighted by atomic mass is 15.6. The van der Waals surface area contributed by atoms with Gasteiger partial charge in [-0.3, -0.25) is 0 Å². The molecule has 2 aromatic carbocycles. The van der Waals surface area contributed by atoms with E-state index in [9.17, 15) is 0 Å². The zero-order valence-corrected chi connectivity index (χ0v) is 11.5. The standard InChI is InChI=1S/C17H20N2/c1-18-16(14-9-5-3-6-10-14)13-17(19(18)2)15-11-7-4-8-12-15/h3-12,16-17H,13H2,1-2H3. The van der Waals surface area contributed by atoms with Crippen LogP contribution in [0.1, 0.15) is 29.6 Å². The van der Waals surface area contributed by atoms with Crippen molar-refractivity contribution in [3.8, 4) is 0 Å². The Morgan fingerprint density at radius 2 is 1.05 bits per heavy atom. The minimum absolute atomic E-state index is 0.469. The van der Waals surface area contributed by atoms with Crippen LogP contribution in [0.25, 0.3) is 0 Å². The van der Waals surface area contributed by atoms with Crippen LogP contribution in [0.15, 0.2) is 60.7 Å². The number of hydrogen-bond donors (Lipinski definition) is 0. The average molecular weight is 252 g/mol. The van der Waals surface area contributed by atoms with Crippen LogP contribution in [0, 0.1) is 0 Å². The van der Waals surface area contributed by atoms with Gasteiger partial charge in [0.2, 0.25) is 0 Å². The summed E-state index contributed by atoms with van der Waals surface area (Å²) in [6.07, 6.45) is 1.14. The highest BCUT2D eigenvalue weighted by Gasteiger charge is 2.35. The van der Waals surface area contributed by atoms with Crippen LogP contribution < -0.4 is 0 Å². The predicted molar refractivity (Wildman–Crippen MR) is 78.5 cm³/mol. The molecule has 19 heavy (non-hydrogen) atoms. The third-order valence-electron chi connectivity index (χ3n) is 4.21. The van der Waals surface area contributed by atoms with Crippen molar-refractivity contribution in [2.24, 2.45) is 0 Å². The smallest absolute Gasteiger partial charge is 0.0511 e. The van der Waals surface area contributed by atoms with Crippen molar-refractivity contribution in [1.82, 2.24) is 10.0 Å². The second-order valence-corrected chi connectivity index (χ2v) is 5.24. The maximum absolute atomic E-state index is 2.35. The Balaban J connectivity index is 1.88. The minimum atomic E-state index is 0.469. The van der Waals surface area contributed by atoms with E-state index in [1.807, 2.05) is 0 Å². The molecule has 0 aliphatic carbocycles. The van der Waals surface area contributed by atoms with Crippen LogP contribution in [0.5, 0.6) is 0 Å². The van der Waals surface area contributed by atoms with E-state index in [4.69, 9.17) is 0 Å². The number of hydrazine groups is 1. The van der Waals surface area contributed by atoms with Gasteiger partial charge < -0.3 is 0 Å². The van der Waals surface area contributed by atoms with Gasteiger partial charge in [0.1, 0.15) is 0 Å². The Labute approximate surface area is 115 Å². The molecule has 0 N–H and O–H groups in total. The van der Waals surface area contributed by atoms with Gasteiger partial charge in [0, 0.05) is 14.1 Å². The molecule has 0 spiro atoms. The second kappa shape index (κ2) is 5.16. The summed E-state index contributed by atoms with van der Waals surface area (Å²) in [6, 6.07) is 22.5. The van der Waals surface area contributed by atoms with Crippen LogP contribution in [-0.4, -0.2) is 24.1 Å². The van der Waals surface area contributed by atoms with Gasteiger partial charge in [-0.15, -0.1) is 0 Å². The number of hydrogen-bond acceptors (Lipinski definition) is 2. The lowest BCUT2D eigenvalue weighted by Gasteiger charge is -2.28. The third kappa shape index (κ3) is 2.29. The van der Waals surface area contributed by atoms with Crippen molar-refractivity contribution in [2.75, 3.05) is 14.1 Å². The SMILES string of the molecule is CN1C(c2ccccc2)CC(c2ccccc2)N1C. The van der Waals surface area contributed by atoms with Crippen LogP contribution in [0.2, 0.25) is 0 Å². The molecular formula is C17H20N2. The molecule has 1 saturated heterocycles. The van der Waals surface area contributed by atoms with Gasteiger partial charge in [-0.05, 0) is 17.5 Å². The van der Waals surface area contributed by atoms with Gasteiger partial charge in [0.15, 0.2) is 0 Å². The maximum atomic E-state index is 2.35. The topological polar surface area (TPSA) is 6.48 Å². The van der Waals surface area contributed by atoms with E-state index in [1.54, 1.807) is 0 Å². The van der Waals surface area contributed by atoms with Gasteiger partial charge in [-0.2, -0.15) is 0 Å². The maximum Gasteiger partial charge on any atom is 0.0511 e. The highest BCUT2D eigenvalue weighted by Crippen LogP contribution is 2.41. The Morgan fingerprint density at radius 3 is 1.42 bits per heavy atom. The molecule has 2 heteroatoms. The normalized spacial score (nSPS) is 24.7. The molecule has 0 radical (unpaired) electrons. The molecule has 0 bridgehead atoms. The van der Waals surface area contributed by atoms with Crippen molar-refractivity contribution in [1.29, 1.82) is 0 Å². The van der Waals surface area contributed by atoms with Gasteiger partial charge in [-0.1, -0.05) is 60.7 Å². The molecule has 2 atom stereocenters. The summed E-state index contributed by atoms with van der Waals surface area (Å²) in [6.45, 7) is 0. The van der Waals surface area contributed by atoms with Gasteiger partial charge in [0.05, 0.1) is 12.1 Å². The van der Waals surface area contributed by atoms with E-state index in [0.717, 1.165) is 6.42 Å². The predicted octanol–water partition coefficient (Wildman–Crippen LogP) is 3.65. The fraction of sp³-hybridized carbons (Fsp3) is 0.294. The fourth-order valence-corrected chi connectivity index (χ4v) is 3.01. The number of benzene rings is 2. The van der Waals surface area contributed by atoms with Crippen molar-refractivity contribution in [2.45, 2.75) is 18.5 Å². The summed E-state index contributed by atoms with van der Waals surface area (Å²) in [5.74, 6) is 0. The first-order valence-electron chi connectivity index (χ1n) is 6.83. The molecular weight excluding hydrogens is 232 g/mol. The van der Waals surface area contributed by atoms with Crippen LogP contribution in [-0.2, 0) is 0 Å². The lowest BCUT2D eigenvalue weighted by molar-refractivity contribution is 0.0252. The fourth-order valence-electron chi connectivity index (χ4n) is 3.01. The number of nitrogens with zero attached hydrogens (tertiary/aromatic N) is 2. The zero-order valence-electron chi connectivity index (χ0n) is 11.5. The third-order valence-corrected chi connectivity index (χ3v) is 4.21. The molecule has 1 aliphatic heterocycles. The molecule has 1 aliphatic rings. The molecule has 1 fully saturated rings. The first kappa shape index (κ1) is 12.4. The molecule has 2 nitrogen and oxygen atoms in total. The molecule has 0 aromatic heterocycles. The molecule has 1 heterocycles. The quantitative estimate of drug-likeness (QED) is 0.805.